The fraction of sp³-hybridized carbons (Fsp3) is 0.643. The van der Waals surface area contributed by atoms with Crippen molar-refractivity contribution in [2.75, 3.05) is 0 Å². The molecule has 4 aliphatic rings. The molecule has 0 spiro atoms. The zero-order chi connectivity index (χ0) is 21.7. The van der Waals surface area contributed by atoms with Crippen molar-refractivity contribution in [1.29, 1.82) is 0 Å². The quantitative estimate of drug-likeness (QED) is 0.624. The second kappa shape index (κ2) is 6.11. The van der Waals surface area contributed by atoms with Crippen molar-refractivity contribution in [2.45, 2.75) is 79.4 Å². The number of fused-ring (bicyclic) bond motifs is 4. The van der Waals surface area contributed by atoms with E-state index in [9.17, 15) is 10.2 Å². The summed E-state index contributed by atoms with van der Waals surface area (Å²) in [5.41, 5.74) is 5.07. The van der Waals surface area contributed by atoms with Crippen LogP contribution in [0.15, 0.2) is 35.4 Å². The van der Waals surface area contributed by atoms with Crippen LogP contribution in [0.25, 0.3) is 12.2 Å². The van der Waals surface area contributed by atoms with Crippen molar-refractivity contribution < 1.29 is 10.2 Å². The van der Waals surface area contributed by atoms with E-state index in [2.05, 4.69) is 78.0 Å². The third-order valence-corrected chi connectivity index (χ3v) is 10.8. The topological polar surface area (TPSA) is 40.5 Å². The molecular formula is C28H38O2. The molecule has 2 nitrogen and oxygen atoms in total. The summed E-state index contributed by atoms with van der Waals surface area (Å²) in [5.74, 6) is 0.956. The maximum atomic E-state index is 11.0. The lowest BCUT2D eigenvalue weighted by atomic mass is 9.70. The zero-order valence-electron chi connectivity index (χ0n) is 19.5. The Morgan fingerprint density at radius 2 is 1.00 bits per heavy atom. The highest BCUT2D eigenvalue weighted by molar-refractivity contribution is 5.62. The van der Waals surface area contributed by atoms with Crippen LogP contribution in [-0.4, -0.2) is 22.4 Å². The van der Waals surface area contributed by atoms with E-state index in [0.717, 1.165) is 12.8 Å². The van der Waals surface area contributed by atoms with Crippen LogP contribution in [0.2, 0.25) is 0 Å². The Kier molecular flexibility index (Phi) is 4.18. The third kappa shape index (κ3) is 2.33. The van der Waals surface area contributed by atoms with Gasteiger partial charge in [0.25, 0.3) is 0 Å². The Morgan fingerprint density at radius 3 is 1.27 bits per heavy atom. The second-order valence-electron chi connectivity index (χ2n) is 12.2. The maximum Gasteiger partial charge on any atom is 0.0815 e. The largest absolute Gasteiger partial charge is 0.388 e. The summed E-state index contributed by atoms with van der Waals surface area (Å²) >= 11 is 0. The fourth-order valence-corrected chi connectivity index (χ4v) is 7.74. The molecule has 4 aliphatic carbocycles. The van der Waals surface area contributed by atoms with Gasteiger partial charge < -0.3 is 10.2 Å². The summed E-state index contributed by atoms with van der Waals surface area (Å²) in [5, 5.41) is 22.1. The molecule has 0 aromatic heterocycles. The number of hydrogen-bond acceptors (Lipinski definition) is 2. The molecule has 2 heteroatoms. The van der Waals surface area contributed by atoms with Crippen molar-refractivity contribution in [1.82, 2.24) is 0 Å². The van der Waals surface area contributed by atoms with Crippen LogP contribution in [0.4, 0.5) is 0 Å². The van der Waals surface area contributed by atoms with Gasteiger partial charge in [0.05, 0.1) is 12.2 Å². The van der Waals surface area contributed by atoms with E-state index >= 15 is 0 Å². The minimum atomic E-state index is -0.333. The normalized spacial score (nSPS) is 45.7. The summed E-state index contributed by atoms with van der Waals surface area (Å²) in [7, 11) is 0. The highest BCUT2D eigenvalue weighted by Crippen LogP contribution is 2.68. The minimum absolute atomic E-state index is 0.00526. The highest BCUT2D eigenvalue weighted by atomic mass is 16.3. The smallest absolute Gasteiger partial charge is 0.0815 e. The summed E-state index contributed by atoms with van der Waals surface area (Å²) in [6, 6.07) is 8.67. The highest BCUT2D eigenvalue weighted by Gasteiger charge is 2.64. The van der Waals surface area contributed by atoms with E-state index < -0.39 is 0 Å². The average molecular weight is 407 g/mol. The van der Waals surface area contributed by atoms with Crippen LogP contribution in [0.3, 0.4) is 0 Å². The molecule has 1 aromatic carbocycles. The van der Waals surface area contributed by atoms with Gasteiger partial charge in [-0.3, -0.25) is 0 Å². The van der Waals surface area contributed by atoms with Gasteiger partial charge in [-0.2, -0.15) is 0 Å². The van der Waals surface area contributed by atoms with E-state index in [0.29, 0.717) is 11.8 Å². The summed E-state index contributed by atoms with van der Waals surface area (Å²) in [6.45, 7) is 13.8. The summed E-state index contributed by atoms with van der Waals surface area (Å²) in [4.78, 5) is 0. The molecule has 6 unspecified atom stereocenters. The van der Waals surface area contributed by atoms with Crippen molar-refractivity contribution in [3.8, 4) is 0 Å². The molecule has 1 aromatic rings. The lowest BCUT2D eigenvalue weighted by Gasteiger charge is -2.36. The van der Waals surface area contributed by atoms with Crippen molar-refractivity contribution in [3.05, 3.63) is 46.5 Å². The summed E-state index contributed by atoms with van der Waals surface area (Å²) in [6.07, 6.45) is 8.40. The Bertz CT molecular complexity index is 857. The van der Waals surface area contributed by atoms with Gasteiger partial charge in [-0.05, 0) is 70.6 Å². The van der Waals surface area contributed by atoms with E-state index in [-0.39, 0.29) is 33.9 Å². The Hall–Kier alpha value is -1.38. The molecule has 162 valence electrons. The number of benzene rings is 1. The molecule has 0 aliphatic heterocycles. The molecule has 6 atom stereocenters. The standard InChI is InChI=1S/C28H38O2/c1-25(2)21-11-13-27(25,5)23(29)19(21)15-17-7-9-18(10-8-17)16-20-22-12-14-28(6,24(20)30)26(22,3)4/h7-10,15-16,21-24,29-30H,11-14H2,1-6H3. The van der Waals surface area contributed by atoms with E-state index in [1.54, 1.807) is 0 Å². The lowest BCUT2D eigenvalue weighted by Crippen LogP contribution is -2.35. The van der Waals surface area contributed by atoms with Crippen LogP contribution >= 0.6 is 0 Å². The van der Waals surface area contributed by atoms with Crippen LogP contribution in [-0.2, 0) is 0 Å². The van der Waals surface area contributed by atoms with Gasteiger partial charge in [0.2, 0.25) is 0 Å². The van der Waals surface area contributed by atoms with Crippen LogP contribution < -0.4 is 0 Å². The SMILES string of the molecule is CC1(C)C2CCC1(C)C(O)C2=Cc1ccc(C=C2C3CCC(C)(C2O)C3(C)C)cc1. The van der Waals surface area contributed by atoms with Gasteiger partial charge in [0.1, 0.15) is 0 Å². The predicted molar refractivity (Wildman–Crippen MR) is 124 cm³/mol. The molecule has 4 bridgehead atoms. The van der Waals surface area contributed by atoms with Gasteiger partial charge in [-0.1, -0.05) is 78.0 Å². The van der Waals surface area contributed by atoms with Crippen molar-refractivity contribution in [3.63, 3.8) is 0 Å². The monoisotopic (exact) mass is 406 g/mol. The minimum Gasteiger partial charge on any atom is -0.388 e. The average Bonchev–Trinajstić information content (AvgIpc) is 3.17. The Balaban J connectivity index is 1.42. The number of aliphatic hydroxyl groups is 2. The molecule has 0 radical (unpaired) electrons. The summed E-state index contributed by atoms with van der Waals surface area (Å²) < 4.78 is 0. The van der Waals surface area contributed by atoms with E-state index in [4.69, 9.17) is 0 Å². The first-order valence-corrected chi connectivity index (χ1v) is 11.8. The van der Waals surface area contributed by atoms with E-state index in [1.807, 2.05) is 0 Å². The first kappa shape index (κ1) is 20.5. The predicted octanol–water partition coefficient (Wildman–Crippen LogP) is 6.09. The van der Waals surface area contributed by atoms with Gasteiger partial charge in [-0.25, -0.2) is 0 Å². The first-order valence-electron chi connectivity index (χ1n) is 11.8. The van der Waals surface area contributed by atoms with Crippen molar-refractivity contribution in [2.24, 2.45) is 33.5 Å². The number of hydrogen-bond donors (Lipinski definition) is 2. The molecule has 5 rings (SSSR count). The third-order valence-electron chi connectivity index (χ3n) is 10.8. The van der Waals surface area contributed by atoms with Gasteiger partial charge in [0.15, 0.2) is 0 Å². The van der Waals surface area contributed by atoms with Gasteiger partial charge in [0, 0.05) is 10.8 Å². The second-order valence-corrected chi connectivity index (χ2v) is 12.2. The molecule has 4 fully saturated rings. The molecule has 0 amide bonds. The molecule has 0 heterocycles. The molecular weight excluding hydrogens is 368 g/mol. The number of rotatable bonds is 2. The van der Waals surface area contributed by atoms with Gasteiger partial charge >= 0.3 is 0 Å². The number of aliphatic hydroxyl groups excluding tert-OH is 2. The first-order chi connectivity index (χ1) is 13.9. The maximum absolute atomic E-state index is 11.0. The van der Waals surface area contributed by atoms with Crippen LogP contribution in [0, 0.1) is 33.5 Å². The molecule has 30 heavy (non-hydrogen) atoms. The van der Waals surface area contributed by atoms with Crippen molar-refractivity contribution >= 4 is 12.2 Å². The van der Waals surface area contributed by atoms with Crippen LogP contribution in [0.1, 0.15) is 78.4 Å². The Morgan fingerprint density at radius 1 is 0.667 bits per heavy atom. The van der Waals surface area contributed by atoms with Gasteiger partial charge in [-0.15, -0.1) is 0 Å². The van der Waals surface area contributed by atoms with E-state index in [1.165, 1.54) is 35.1 Å². The zero-order valence-corrected chi connectivity index (χ0v) is 19.5. The molecule has 0 saturated heterocycles. The van der Waals surface area contributed by atoms with Crippen LogP contribution in [0.5, 0.6) is 0 Å². The molecule has 4 saturated carbocycles. The lowest BCUT2D eigenvalue weighted by molar-refractivity contribution is 0.0263. The fourth-order valence-electron chi connectivity index (χ4n) is 7.74. The Labute approximate surface area is 182 Å². The molecule has 2 N–H and O–H groups in total.